The van der Waals surface area contributed by atoms with Crippen molar-refractivity contribution in [3.8, 4) is 0 Å². The smallest absolute Gasteiger partial charge is 0.220 e. The maximum absolute atomic E-state index is 11.2. The minimum Gasteiger partial charge on any atom is -0.355 e. The second-order valence-electron chi connectivity index (χ2n) is 4.67. The van der Waals surface area contributed by atoms with Crippen LogP contribution >= 0.6 is 23.2 Å². The van der Waals surface area contributed by atoms with Crippen LogP contribution in [0.4, 0.5) is 0 Å². The van der Waals surface area contributed by atoms with Crippen LogP contribution in [0.2, 0.25) is 10.0 Å². The molecule has 2 atom stereocenters. The number of hydrogen-bond acceptors (Lipinski definition) is 1. The average Bonchev–Trinajstić information content (AvgIpc) is 2.96. The first kappa shape index (κ1) is 10.4. The van der Waals surface area contributed by atoms with E-state index in [0.29, 0.717) is 22.4 Å². The van der Waals surface area contributed by atoms with Crippen LogP contribution in [0.15, 0.2) is 18.2 Å². The van der Waals surface area contributed by atoms with Gasteiger partial charge in [0.05, 0.1) is 10.0 Å². The lowest BCUT2D eigenvalue weighted by Crippen LogP contribution is -2.38. The van der Waals surface area contributed by atoms with E-state index >= 15 is 0 Å². The van der Waals surface area contributed by atoms with Crippen LogP contribution in [-0.2, 0) is 10.2 Å². The van der Waals surface area contributed by atoms with Gasteiger partial charge in [-0.3, -0.25) is 4.79 Å². The van der Waals surface area contributed by atoms with Gasteiger partial charge in [-0.25, -0.2) is 0 Å². The third-order valence-electron chi connectivity index (χ3n) is 3.76. The van der Waals surface area contributed by atoms with Crippen molar-refractivity contribution in [1.82, 2.24) is 5.32 Å². The van der Waals surface area contributed by atoms with Gasteiger partial charge in [-0.1, -0.05) is 29.3 Å². The summed E-state index contributed by atoms with van der Waals surface area (Å²) in [5, 5.41) is 4.11. The Labute approximate surface area is 104 Å². The zero-order valence-electron chi connectivity index (χ0n) is 8.59. The molecule has 2 aliphatic rings. The van der Waals surface area contributed by atoms with Crippen LogP contribution in [0.25, 0.3) is 0 Å². The van der Waals surface area contributed by atoms with Gasteiger partial charge in [0.1, 0.15) is 0 Å². The van der Waals surface area contributed by atoms with Crippen LogP contribution in [0.5, 0.6) is 0 Å². The number of carbonyl (C=O) groups excluding carboxylic acids is 1. The fourth-order valence-corrected chi connectivity index (χ4v) is 2.98. The van der Waals surface area contributed by atoms with Crippen LogP contribution < -0.4 is 5.32 Å². The second-order valence-corrected chi connectivity index (χ2v) is 5.48. The molecule has 0 radical (unpaired) electrons. The van der Waals surface area contributed by atoms with Gasteiger partial charge in [-0.05, 0) is 30.0 Å². The Kier molecular flexibility index (Phi) is 2.20. The van der Waals surface area contributed by atoms with Crippen LogP contribution in [0.3, 0.4) is 0 Å². The summed E-state index contributed by atoms with van der Waals surface area (Å²) >= 11 is 11.9. The molecule has 1 aliphatic carbocycles. The maximum Gasteiger partial charge on any atom is 0.220 e. The van der Waals surface area contributed by atoms with Gasteiger partial charge < -0.3 is 5.32 Å². The van der Waals surface area contributed by atoms with Crippen LogP contribution in [0.1, 0.15) is 18.4 Å². The lowest BCUT2D eigenvalue weighted by atomic mass is 9.90. The van der Waals surface area contributed by atoms with Crippen molar-refractivity contribution in [1.29, 1.82) is 0 Å². The van der Waals surface area contributed by atoms with E-state index in [1.54, 1.807) is 0 Å². The van der Waals surface area contributed by atoms with Gasteiger partial charge in [-0.2, -0.15) is 0 Å². The maximum atomic E-state index is 11.2. The monoisotopic (exact) mass is 255 g/mol. The van der Waals surface area contributed by atoms with E-state index in [2.05, 4.69) is 5.32 Å². The van der Waals surface area contributed by atoms with Crippen molar-refractivity contribution in [3.63, 3.8) is 0 Å². The average molecular weight is 256 g/mol. The molecule has 2 unspecified atom stereocenters. The SMILES string of the molecule is O=C1CC2CC2(c2ccc(Cl)c(Cl)c2)CN1. The minimum absolute atomic E-state index is 0.127. The minimum atomic E-state index is 0.127. The highest BCUT2D eigenvalue weighted by atomic mass is 35.5. The van der Waals surface area contributed by atoms with Gasteiger partial charge >= 0.3 is 0 Å². The molecule has 1 saturated heterocycles. The largest absolute Gasteiger partial charge is 0.355 e. The Morgan fingerprint density at radius 3 is 2.81 bits per heavy atom. The number of piperidine rings is 1. The van der Waals surface area contributed by atoms with Crippen molar-refractivity contribution in [2.75, 3.05) is 6.54 Å². The third kappa shape index (κ3) is 1.44. The van der Waals surface area contributed by atoms with Gasteiger partial charge in [-0.15, -0.1) is 0 Å². The van der Waals surface area contributed by atoms with Crippen LogP contribution in [0, 0.1) is 5.92 Å². The topological polar surface area (TPSA) is 29.1 Å². The summed E-state index contributed by atoms with van der Waals surface area (Å²) < 4.78 is 0. The fourth-order valence-electron chi connectivity index (χ4n) is 2.68. The first-order chi connectivity index (χ1) is 7.62. The molecule has 3 rings (SSSR count). The summed E-state index contributed by atoms with van der Waals surface area (Å²) in [5.74, 6) is 0.650. The number of carbonyl (C=O) groups is 1. The van der Waals surface area contributed by atoms with E-state index < -0.39 is 0 Å². The van der Waals surface area contributed by atoms with Crippen molar-refractivity contribution in [2.45, 2.75) is 18.3 Å². The third-order valence-corrected chi connectivity index (χ3v) is 4.50. The molecule has 1 aromatic carbocycles. The van der Waals surface area contributed by atoms with Gasteiger partial charge in [0.25, 0.3) is 0 Å². The second kappa shape index (κ2) is 3.38. The van der Waals surface area contributed by atoms with E-state index in [-0.39, 0.29) is 11.3 Å². The highest BCUT2D eigenvalue weighted by Gasteiger charge is 2.57. The molecule has 4 heteroatoms. The standard InChI is InChI=1S/C12H11Cl2NO/c13-9-2-1-7(3-10(9)14)12-5-8(12)4-11(16)15-6-12/h1-3,8H,4-6H2,(H,15,16). The number of nitrogens with one attached hydrogen (secondary N) is 1. The number of benzene rings is 1. The first-order valence-electron chi connectivity index (χ1n) is 5.34. The summed E-state index contributed by atoms with van der Waals surface area (Å²) in [7, 11) is 0. The quantitative estimate of drug-likeness (QED) is 0.822. The molecule has 0 aromatic heterocycles. The Bertz CT molecular complexity index is 474. The first-order valence-corrected chi connectivity index (χ1v) is 6.10. The van der Waals surface area contributed by atoms with E-state index in [9.17, 15) is 4.79 Å². The number of amides is 1. The number of hydrogen-bond donors (Lipinski definition) is 1. The highest BCUT2D eigenvalue weighted by Crippen LogP contribution is 2.57. The summed E-state index contributed by atoms with van der Waals surface area (Å²) in [6.45, 7) is 0.731. The lowest BCUT2D eigenvalue weighted by molar-refractivity contribution is -0.122. The molecule has 1 aliphatic heterocycles. The molecular weight excluding hydrogens is 245 g/mol. The lowest BCUT2D eigenvalue weighted by Gasteiger charge is -2.23. The Hall–Kier alpha value is -0.730. The summed E-state index contributed by atoms with van der Waals surface area (Å²) in [5.41, 5.74) is 1.33. The number of fused-ring (bicyclic) bond motifs is 1. The van der Waals surface area contributed by atoms with E-state index in [1.807, 2.05) is 18.2 Å². The molecular formula is C12H11Cl2NO. The molecule has 0 bridgehead atoms. The zero-order chi connectivity index (χ0) is 11.3. The van der Waals surface area contributed by atoms with Crippen molar-refractivity contribution in [2.24, 2.45) is 5.92 Å². The number of halogens is 2. The van der Waals surface area contributed by atoms with E-state index in [1.165, 1.54) is 5.56 Å². The normalized spacial score (nSPS) is 31.9. The summed E-state index contributed by atoms with van der Waals surface area (Å²) in [6, 6.07) is 5.78. The molecule has 1 amide bonds. The Morgan fingerprint density at radius 1 is 1.31 bits per heavy atom. The molecule has 16 heavy (non-hydrogen) atoms. The zero-order valence-corrected chi connectivity index (χ0v) is 10.1. The molecule has 1 saturated carbocycles. The van der Waals surface area contributed by atoms with Gasteiger partial charge in [0, 0.05) is 18.4 Å². The van der Waals surface area contributed by atoms with Gasteiger partial charge in [0.15, 0.2) is 0 Å². The summed E-state index contributed by atoms with van der Waals surface area (Å²) in [4.78, 5) is 11.2. The fraction of sp³-hybridized carbons (Fsp3) is 0.417. The Morgan fingerprint density at radius 2 is 2.12 bits per heavy atom. The van der Waals surface area contributed by atoms with Crippen molar-refractivity contribution >= 4 is 29.1 Å². The molecule has 2 nitrogen and oxygen atoms in total. The van der Waals surface area contributed by atoms with Crippen LogP contribution in [-0.4, -0.2) is 12.5 Å². The van der Waals surface area contributed by atoms with Gasteiger partial charge in [0.2, 0.25) is 5.91 Å². The number of rotatable bonds is 1. The molecule has 84 valence electrons. The summed E-state index contributed by atoms with van der Waals surface area (Å²) in [6.07, 6.45) is 1.71. The molecule has 1 N–H and O–H groups in total. The van der Waals surface area contributed by atoms with Crippen molar-refractivity contribution in [3.05, 3.63) is 33.8 Å². The molecule has 0 spiro atoms. The van der Waals surface area contributed by atoms with E-state index in [4.69, 9.17) is 23.2 Å². The van der Waals surface area contributed by atoms with Crippen molar-refractivity contribution < 1.29 is 4.79 Å². The molecule has 1 heterocycles. The molecule has 1 aromatic rings. The molecule has 2 fully saturated rings. The van der Waals surface area contributed by atoms with E-state index in [0.717, 1.165) is 13.0 Å². The Balaban J connectivity index is 1.94. The highest BCUT2D eigenvalue weighted by molar-refractivity contribution is 6.42. The predicted octanol–water partition coefficient (Wildman–Crippen LogP) is 2.77. The predicted molar refractivity (Wildman–Crippen MR) is 63.9 cm³/mol.